The second-order valence-electron chi connectivity index (χ2n) is 6.82. The number of fused-ring (bicyclic) bond motifs is 1. The highest BCUT2D eigenvalue weighted by atomic mass is 15.0. The summed E-state index contributed by atoms with van der Waals surface area (Å²) in [4.78, 5) is 4.83. The average Bonchev–Trinajstić information content (AvgIpc) is 2.86. The maximum absolute atomic E-state index is 5.99. The maximum atomic E-state index is 5.99. The number of hydrogen-bond donors (Lipinski definition) is 1. The summed E-state index contributed by atoms with van der Waals surface area (Å²) in [6.45, 7) is 9.22. The van der Waals surface area contributed by atoms with Gasteiger partial charge in [-0.05, 0) is 29.5 Å². The molecule has 3 aromatic rings. The predicted molar refractivity (Wildman–Crippen MR) is 92.0 cm³/mol. The van der Waals surface area contributed by atoms with Gasteiger partial charge >= 0.3 is 0 Å². The molecule has 3 heteroatoms. The number of rotatable bonds is 2. The zero-order valence-corrected chi connectivity index (χ0v) is 13.7. The minimum atomic E-state index is 0.157. The van der Waals surface area contributed by atoms with Gasteiger partial charge in [-0.1, -0.05) is 51.1 Å². The highest BCUT2D eigenvalue weighted by Gasteiger charge is 2.16. The van der Waals surface area contributed by atoms with Crippen molar-refractivity contribution in [3.05, 3.63) is 59.4 Å². The Kier molecular flexibility index (Phi) is 3.53. The first kappa shape index (κ1) is 14.8. The summed E-state index contributed by atoms with van der Waals surface area (Å²) < 4.78 is 2.10. The van der Waals surface area contributed by atoms with E-state index in [2.05, 4.69) is 62.4 Å². The molecule has 1 aromatic carbocycles. The van der Waals surface area contributed by atoms with Gasteiger partial charge in [0.1, 0.15) is 5.65 Å². The molecular formula is C19H23N3. The fourth-order valence-corrected chi connectivity index (χ4v) is 2.81. The molecule has 2 heterocycles. The lowest BCUT2D eigenvalue weighted by atomic mass is 9.86. The molecule has 22 heavy (non-hydrogen) atoms. The highest BCUT2D eigenvalue weighted by Crippen LogP contribution is 2.28. The summed E-state index contributed by atoms with van der Waals surface area (Å²) in [5, 5.41) is 0. The molecule has 3 rings (SSSR count). The summed E-state index contributed by atoms with van der Waals surface area (Å²) in [6, 6.07) is 12.8. The predicted octanol–water partition coefficient (Wildman–Crippen LogP) is 4.07. The van der Waals surface area contributed by atoms with Crippen molar-refractivity contribution in [2.75, 3.05) is 0 Å². The smallest absolute Gasteiger partial charge is 0.140 e. The zero-order valence-electron chi connectivity index (χ0n) is 13.7. The molecular weight excluding hydrogens is 270 g/mol. The van der Waals surface area contributed by atoms with Crippen LogP contribution in [-0.4, -0.2) is 9.38 Å². The molecule has 0 aliphatic heterocycles. The third-order valence-electron chi connectivity index (χ3n) is 4.16. The second-order valence-corrected chi connectivity index (χ2v) is 6.82. The van der Waals surface area contributed by atoms with Gasteiger partial charge in [-0.3, -0.25) is 0 Å². The van der Waals surface area contributed by atoms with Gasteiger partial charge in [-0.25, -0.2) is 4.98 Å². The van der Waals surface area contributed by atoms with Crippen molar-refractivity contribution >= 4 is 5.65 Å². The zero-order chi connectivity index (χ0) is 15.9. The van der Waals surface area contributed by atoms with Crippen LogP contribution >= 0.6 is 0 Å². The van der Waals surface area contributed by atoms with E-state index in [1.165, 1.54) is 5.56 Å². The summed E-state index contributed by atoms with van der Waals surface area (Å²) >= 11 is 0. The topological polar surface area (TPSA) is 43.3 Å². The monoisotopic (exact) mass is 293 g/mol. The van der Waals surface area contributed by atoms with E-state index >= 15 is 0 Å². The normalized spacial score (nSPS) is 12.0. The number of nitrogens with two attached hydrogens (primary N) is 1. The number of nitrogens with zero attached hydrogens (tertiary/aromatic N) is 2. The molecule has 0 radical (unpaired) electrons. The standard InChI is InChI=1S/C19H23N3/c1-13-6-5-11-22-16(12-20)17(21-18(13)22)14-7-9-15(10-8-14)19(2,3)4/h5-11H,12,20H2,1-4H3. The number of benzene rings is 1. The van der Waals surface area contributed by atoms with Crippen LogP contribution < -0.4 is 5.73 Å². The molecule has 2 aromatic heterocycles. The van der Waals surface area contributed by atoms with Crippen molar-refractivity contribution in [2.24, 2.45) is 5.73 Å². The van der Waals surface area contributed by atoms with Crippen molar-refractivity contribution in [3.8, 4) is 11.3 Å². The lowest BCUT2D eigenvalue weighted by Crippen LogP contribution is -2.10. The molecule has 0 aliphatic rings. The fraction of sp³-hybridized carbons (Fsp3) is 0.316. The average molecular weight is 293 g/mol. The maximum Gasteiger partial charge on any atom is 0.140 e. The first-order chi connectivity index (χ1) is 10.4. The van der Waals surface area contributed by atoms with Gasteiger partial charge in [0.05, 0.1) is 11.4 Å². The molecule has 0 fully saturated rings. The van der Waals surface area contributed by atoms with E-state index in [1.54, 1.807) is 0 Å². The van der Waals surface area contributed by atoms with Gasteiger partial charge < -0.3 is 10.1 Å². The summed E-state index contributed by atoms with van der Waals surface area (Å²) in [6.07, 6.45) is 2.03. The van der Waals surface area contributed by atoms with Crippen molar-refractivity contribution in [2.45, 2.75) is 39.7 Å². The second kappa shape index (κ2) is 5.25. The van der Waals surface area contributed by atoms with E-state index in [9.17, 15) is 0 Å². The van der Waals surface area contributed by atoms with Crippen LogP contribution in [0.5, 0.6) is 0 Å². The number of pyridine rings is 1. The molecule has 0 unspecified atom stereocenters. The van der Waals surface area contributed by atoms with Gasteiger partial charge in [-0.15, -0.1) is 0 Å². The van der Waals surface area contributed by atoms with E-state index in [0.29, 0.717) is 6.54 Å². The minimum absolute atomic E-state index is 0.157. The Hall–Kier alpha value is -2.13. The molecule has 114 valence electrons. The van der Waals surface area contributed by atoms with Crippen LogP contribution in [0.2, 0.25) is 0 Å². The Morgan fingerprint density at radius 2 is 1.77 bits per heavy atom. The van der Waals surface area contributed by atoms with Gasteiger partial charge in [0.2, 0.25) is 0 Å². The van der Waals surface area contributed by atoms with E-state index < -0.39 is 0 Å². The molecule has 2 N–H and O–H groups in total. The lowest BCUT2D eigenvalue weighted by molar-refractivity contribution is 0.590. The van der Waals surface area contributed by atoms with Gasteiger partial charge in [-0.2, -0.15) is 0 Å². The molecule has 0 atom stereocenters. The van der Waals surface area contributed by atoms with Crippen LogP contribution in [0.1, 0.15) is 37.6 Å². The molecule has 0 spiro atoms. The molecule has 0 bridgehead atoms. The summed E-state index contributed by atoms with van der Waals surface area (Å²) in [5.41, 5.74) is 12.8. The van der Waals surface area contributed by atoms with Crippen molar-refractivity contribution in [3.63, 3.8) is 0 Å². The quantitative estimate of drug-likeness (QED) is 0.774. The van der Waals surface area contributed by atoms with Gasteiger partial charge in [0.15, 0.2) is 0 Å². The van der Waals surface area contributed by atoms with Crippen LogP contribution in [0.4, 0.5) is 0 Å². The van der Waals surface area contributed by atoms with Gasteiger partial charge in [0.25, 0.3) is 0 Å². The van der Waals surface area contributed by atoms with E-state index in [1.807, 2.05) is 12.3 Å². The summed E-state index contributed by atoms with van der Waals surface area (Å²) in [7, 11) is 0. The van der Waals surface area contributed by atoms with Crippen LogP contribution in [0.15, 0.2) is 42.6 Å². The van der Waals surface area contributed by atoms with Gasteiger partial charge in [0, 0.05) is 18.3 Å². The number of aromatic nitrogens is 2. The SMILES string of the molecule is Cc1cccn2c(CN)c(-c3ccc(C(C)(C)C)cc3)nc12. The van der Waals surface area contributed by atoms with E-state index in [-0.39, 0.29) is 5.41 Å². The Balaban J connectivity index is 2.16. The van der Waals surface area contributed by atoms with Crippen molar-refractivity contribution in [1.29, 1.82) is 0 Å². The molecule has 0 amide bonds. The first-order valence-corrected chi connectivity index (χ1v) is 7.69. The first-order valence-electron chi connectivity index (χ1n) is 7.69. The van der Waals surface area contributed by atoms with Crippen LogP contribution in [0, 0.1) is 6.92 Å². The van der Waals surface area contributed by atoms with E-state index in [0.717, 1.165) is 28.2 Å². The number of hydrogen-bond acceptors (Lipinski definition) is 2. The molecule has 3 nitrogen and oxygen atoms in total. The molecule has 0 saturated carbocycles. The lowest BCUT2D eigenvalue weighted by Gasteiger charge is -2.19. The van der Waals surface area contributed by atoms with Crippen molar-refractivity contribution in [1.82, 2.24) is 9.38 Å². The summed E-state index contributed by atoms with van der Waals surface area (Å²) in [5.74, 6) is 0. The highest BCUT2D eigenvalue weighted by molar-refractivity contribution is 5.68. The Morgan fingerprint density at radius 3 is 2.36 bits per heavy atom. The third-order valence-corrected chi connectivity index (χ3v) is 4.16. The largest absolute Gasteiger partial charge is 0.325 e. The Morgan fingerprint density at radius 1 is 1.09 bits per heavy atom. The molecule has 0 aliphatic carbocycles. The number of aryl methyl sites for hydroxylation is 1. The minimum Gasteiger partial charge on any atom is -0.325 e. The van der Waals surface area contributed by atoms with Crippen LogP contribution in [0.3, 0.4) is 0 Å². The Bertz CT molecular complexity index is 805. The third kappa shape index (κ3) is 2.42. The van der Waals surface area contributed by atoms with Crippen LogP contribution in [0.25, 0.3) is 16.9 Å². The number of imidazole rings is 1. The van der Waals surface area contributed by atoms with Crippen molar-refractivity contribution < 1.29 is 0 Å². The van der Waals surface area contributed by atoms with Crippen LogP contribution in [-0.2, 0) is 12.0 Å². The Labute approximate surface area is 131 Å². The van der Waals surface area contributed by atoms with E-state index in [4.69, 9.17) is 10.7 Å². The molecule has 0 saturated heterocycles. The fourth-order valence-electron chi connectivity index (χ4n) is 2.81.